The standard InChI is InChI=1S/C11H21NO4S/c1-10(2)7-15-6-8(16-10)11(12,9(13)14)4-5-17-3/h8H,4-7,12H2,1-3H3,(H,13,14). The summed E-state index contributed by atoms with van der Waals surface area (Å²) >= 11 is 1.57. The molecule has 0 aromatic carbocycles. The first-order valence-corrected chi connectivity index (χ1v) is 6.98. The Balaban J connectivity index is 2.79. The zero-order valence-corrected chi connectivity index (χ0v) is 11.4. The lowest BCUT2D eigenvalue weighted by atomic mass is 9.89. The average Bonchev–Trinajstić information content (AvgIpc) is 2.24. The molecule has 0 aliphatic carbocycles. The van der Waals surface area contributed by atoms with Crippen LogP contribution in [0.4, 0.5) is 0 Å². The summed E-state index contributed by atoms with van der Waals surface area (Å²) in [7, 11) is 0. The summed E-state index contributed by atoms with van der Waals surface area (Å²) in [5.74, 6) is -0.346. The highest BCUT2D eigenvalue weighted by molar-refractivity contribution is 7.98. The van der Waals surface area contributed by atoms with Crippen LogP contribution in [-0.2, 0) is 14.3 Å². The quantitative estimate of drug-likeness (QED) is 0.760. The van der Waals surface area contributed by atoms with Crippen LogP contribution in [0.1, 0.15) is 20.3 Å². The van der Waals surface area contributed by atoms with E-state index < -0.39 is 23.2 Å². The molecule has 1 saturated heterocycles. The topological polar surface area (TPSA) is 81.8 Å². The van der Waals surface area contributed by atoms with Gasteiger partial charge in [0.15, 0.2) is 0 Å². The lowest BCUT2D eigenvalue weighted by Crippen LogP contribution is -2.64. The smallest absolute Gasteiger partial charge is 0.326 e. The predicted octanol–water partition coefficient (Wildman–Crippen LogP) is 0.716. The molecule has 1 aliphatic heterocycles. The van der Waals surface area contributed by atoms with E-state index in [9.17, 15) is 9.90 Å². The predicted molar refractivity (Wildman–Crippen MR) is 67.3 cm³/mol. The van der Waals surface area contributed by atoms with Crippen LogP contribution < -0.4 is 5.73 Å². The zero-order chi connectivity index (χ0) is 13.1. The van der Waals surface area contributed by atoms with Crippen molar-refractivity contribution in [3.05, 3.63) is 0 Å². The summed E-state index contributed by atoms with van der Waals surface area (Å²) in [6, 6.07) is 0. The fraction of sp³-hybridized carbons (Fsp3) is 0.909. The third-order valence-electron chi connectivity index (χ3n) is 2.87. The van der Waals surface area contributed by atoms with Crippen LogP contribution in [0.2, 0.25) is 0 Å². The van der Waals surface area contributed by atoms with Gasteiger partial charge in [-0.15, -0.1) is 0 Å². The van der Waals surface area contributed by atoms with E-state index in [1.807, 2.05) is 20.1 Å². The third-order valence-corrected chi connectivity index (χ3v) is 3.49. The Hall–Kier alpha value is -0.300. The number of hydrogen-bond donors (Lipinski definition) is 2. The van der Waals surface area contributed by atoms with Crippen molar-refractivity contribution in [2.75, 3.05) is 25.2 Å². The van der Waals surface area contributed by atoms with Crippen LogP contribution >= 0.6 is 11.8 Å². The maximum atomic E-state index is 11.4. The summed E-state index contributed by atoms with van der Waals surface area (Å²) in [4.78, 5) is 11.4. The highest BCUT2D eigenvalue weighted by Gasteiger charge is 2.47. The van der Waals surface area contributed by atoms with Crippen molar-refractivity contribution >= 4 is 17.7 Å². The van der Waals surface area contributed by atoms with Gasteiger partial charge in [-0.1, -0.05) is 0 Å². The first-order valence-electron chi connectivity index (χ1n) is 5.58. The van der Waals surface area contributed by atoms with Crippen molar-refractivity contribution < 1.29 is 19.4 Å². The van der Waals surface area contributed by atoms with Gasteiger partial charge in [-0.05, 0) is 32.3 Å². The van der Waals surface area contributed by atoms with Gasteiger partial charge in [0.05, 0.1) is 18.8 Å². The number of aliphatic carboxylic acids is 1. The Morgan fingerprint density at radius 2 is 2.29 bits per heavy atom. The second-order valence-corrected chi connectivity index (χ2v) is 5.96. The van der Waals surface area contributed by atoms with Crippen molar-refractivity contribution in [3.63, 3.8) is 0 Å². The largest absolute Gasteiger partial charge is 0.480 e. The zero-order valence-electron chi connectivity index (χ0n) is 10.6. The van der Waals surface area contributed by atoms with Crippen molar-refractivity contribution in [2.24, 2.45) is 5.73 Å². The first kappa shape index (κ1) is 14.8. The molecular formula is C11H21NO4S. The number of carbonyl (C=O) groups is 1. The Bertz CT molecular complexity index is 285. The first-order chi connectivity index (χ1) is 7.82. The Kier molecular flexibility index (Phi) is 4.83. The summed E-state index contributed by atoms with van der Waals surface area (Å²) in [6.07, 6.45) is 1.69. The normalized spacial score (nSPS) is 27.4. The third kappa shape index (κ3) is 3.58. The lowest BCUT2D eigenvalue weighted by molar-refractivity contribution is -0.208. The maximum absolute atomic E-state index is 11.4. The number of carboxylic acids is 1. The van der Waals surface area contributed by atoms with Crippen LogP contribution in [0.25, 0.3) is 0 Å². The van der Waals surface area contributed by atoms with Crippen LogP contribution in [0, 0.1) is 0 Å². The number of rotatable bonds is 5. The molecule has 5 nitrogen and oxygen atoms in total. The van der Waals surface area contributed by atoms with E-state index in [2.05, 4.69) is 0 Å². The fourth-order valence-corrected chi connectivity index (χ4v) is 2.34. The number of ether oxygens (including phenoxy) is 2. The fourth-order valence-electron chi connectivity index (χ4n) is 1.80. The summed E-state index contributed by atoms with van der Waals surface area (Å²) in [5.41, 5.74) is 4.15. The average molecular weight is 263 g/mol. The molecule has 0 radical (unpaired) electrons. The SMILES string of the molecule is CSCCC(N)(C(=O)O)C1COCC(C)(C)O1. The number of nitrogens with two attached hydrogens (primary N) is 1. The van der Waals surface area contributed by atoms with E-state index >= 15 is 0 Å². The number of hydrogen-bond acceptors (Lipinski definition) is 5. The molecule has 1 heterocycles. The summed E-state index contributed by atoms with van der Waals surface area (Å²) in [5, 5.41) is 9.31. The van der Waals surface area contributed by atoms with Crippen LogP contribution in [0.15, 0.2) is 0 Å². The van der Waals surface area contributed by atoms with Gasteiger partial charge in [-0.25, -0.2) is 0 Å². The van der Waals surface area contributed by atoms with Gasteiger partial charge in [0.1, 0.15) is 11.6 Å². The van der Waals surface area contributed by atoms with E-state index in [1.54, 1.807) is 11.8 Å². The molecule has 17 heavy (non-hydrogen) atoms. The number of carboxylic acid groups (broad SMARTS) is 1. The molecule has 0 amide bonds. The minimum atomic E-state index is -1.37. The van der Waals surface area contributed by atoms with Gasteiger partial charge in [0, 0.05) is 0 Å². The van der Waals surface area contributed by atoms with Crippen LogP contribution in [0.3, 0.4) is 0 Å². The molecule has 0 bridgehead atoms. The van der Waals surface area contributed by atoms with Gasteiger partial charge in [-0.3, -0.25) is 4.79 Å². The minimum Gasteiger partial charge on any atom is -0.480 e. The van der Waals surface area contributed by atoms with Gasteiger partial charge in [0.25, 0.3) is 0 Å². The van der Waals surface area contributed by atoms with Crippen molar-refractivity contribution in [1.29, 1.82) is 0 Å². The highest BCUT2D eigenvalue weighted by atomic mass is 32.2. The molecule has 2 unspecified atom stereocenters. The van der Waals surface area contributed by atoms with Gasteiger partial charge in [-0.2, -0.15) is 11.8 Å². The van der Waals surface area contributed by atoms with E-state index in [4.69, 9.17) is 15.2 Å². The van der Waals surface area contributed by atoms with Crippen molar-refractivity contribution in [2.45, 2.75) is 37.5 Å². The minimum absolute atomic E-state index is 0.237. The van der Waals surface area contributed by atoms with E-state index in [-0.39, 0.29) is 6.61 Å². The second kappa shape index (κ2) is 5.56. The second-order valence-electron chi connectivity index (χ2n) is 4.97. The Morgan fingerprint density at radius 3 is 2.76 bits per heavy atom. The van der Waals surface area contributed by atoms with E-state index in [1.165, 1.54) is 0 Å². The monoisotopic (exact) mass is 263 g/mol. The molecule has 3 N–H and O–H groups in total. The molecule has 100 valence electrons. The van der Waals surface area contributed by atoms with Crippen molar-refractivity contribution in [3.8, 4) is 0 Å². The molecule has 0 aromatic heterocycles. The molecule has 1 rings (SSSR count). The van der Waals surface area contributed by atoms with Gasteiger partial charge in [0.2, 0.25) is 0 Å². The molecule has 6 heteroatoms. The van der Waals surface area contributed by atoms with Crippen molar-refractivity contribution in [1.82, 2.24) is 0 Å². The molecule has 0 spiro atoms. The maximum Gasteiger partial charge on any atom is 0.326 e. The molecule has 1 aliphatic rings. The molecular weight excluding hydrogens is 242 g/mol. The highest BCUT2D eigenvalue weighted by Crippen LogP contribution is 2.27. The Labute approximate surface area is 106 Å². The molecule has 1 fully saturated rings. The molecule has 0 aromatic rings. The molecule has 0 saturated carbocycles. The lowest BCUT2D eigenvalue weighted by Gasteiger charge is -2.42. The Morgan fingerprint density at radius 1 is 1.65 bits per heavy atom. The van der Waals surface area contributed by atoms with Crippen LogP contribution in [-0.4, -0.2) is 53.5 Å². The van der Waals surface area contributed by atoms with Crippen LogP contribution in [0.5, 0.6) is 0 Å². The molecule has 2 atom stereocenters. The number of thioether (sulfide) groups is 1. The summed E-state index contributed by atoms with van der Waals surface area (Å²) in [6.45, 7) is 4.44. The summed E-state index contributed by atoms with van der Waals surface area (Å²) < 4.78 is 11.2. The van der Waals surface area contributed by atoms with Gasteiger partial charge < -0.3 is 20.3 Å². The van der Waals surface area contributed by atoms with E-state index in [0.29, 0.717) is 18.8 Å². The van der Waals surface area contributed by atoms with E-state index in [0.717, 1.165) is 0 Å². The van der Waals surface area contributed by atoms with Gasteiger partial charge >= 0.3 is 5.97 Å².